The van der Waals surface area contributed by atoms with Gasteiger partial charge in [-0.05, 0) is 19.3 Å². The fraction of sp³-hybridized carbons (Fsp3) is 1.00. The number of hydrogen-bond acceptors (Lipinski definition) is 3. The molecule has 1 rings (SSSR count). The van der Waals surface area contributed by atoms with Crippen LogP contribution in [0.25, 0.3) is 0 Å². The normalized spacial score (nSPS) is 20.2. The van der Waals surface area contributed by atoms with Crippen molar-refractivity contribution >= 4 is 0 Å². The zero-order valence-electron chi connectivity index (χ0n) is 10.2. The summed E-state index contributed by atoms with van der Waals surface area (Å²) in [7, 11) is 0. The smallest absolute Gasteiger partial charge is 0.0593 e. The third kappa shape index (κ3) is 3.74. The van der Waals surface area contributed by atoms with Gasteiger partial charge < -0.3 is 14.7 Å². The van der Waals surface area contributed by atoms with Crippen LogP contribution < -0.4 is 0 Å². The van der Waals surface area contributed by atoms with Gasteiger partial charge in [0.25, 0.3) is 0 Å². The predicted molar refractivity (Wildman–Crippen MR) is 62.0 cm³/mol. The van der Waals surface area contributed by atoms with Gasteiger partial charge >= 0.3 is 0 Å². The molecule has 0 saturated carbocycles. The van der Waals surface area contributed by atoms with E-state index >= 15 is 0 Å². The van der Waals surface area contributed by atoms with Crippen LogP contribution in [-0.4, -0.2) is 49.5 Å². The fourth-order valence-electron chi connectivity index (χ4n) is 2.18. The van der Waals surface area contributed by atoms with Crippen molar-refractivity contribution in [1.82, 2.24) is 4.90 Å². The van der Waals surface area contributed by atoms with Crippen LogP contribution in [0, 0.1) is 5.41 Å². The average Bonchev–Trinajstić information content (AvgIpc) is 2.54. The Kier molecular flexibility index (Phi) is 5.58. The van der Waals surface area contributed by atoms with Crippen LogP contribution in [-0.2, 0) is 4.74 Å². The first kappa shape index (κ1) is 12.9. The Balaban J connectivity index is 2.48. The van der Waals surface area contributed by atoms with Crippen LogP contribution in [0.4, 0.5) is 0 Å². The molecule has 0 aromatic carbocycles. The van der Waals surface area contributed by atoms with Crippen LogP contribution in [0.2, 0.25) is 0 Å². The lowest BCUT2D eigenvalue weighted by Gasteiger charge is -2.35. The second-order valence-corrected chi connectivity index (χ2v) is 4.61. The van der Waals surface area contributed by atoms with Gasteiger partial charge in [-0.15, -0.1) is 0 Å². The molecule has 0 atom stereocenters. The Morgan fingerprint density at radius 1 is 1.20 bits per heavy atom. The first-order valence-electron chi connectivity index (χ1n) is 6.17. The summed E-state index contributed by atoms with van der Waals surface area (Å²) >= 11 is 0. The molecule has 0 amide bonds. The Bertz CT molecular complexity index is 153. The molecule has 15 heavy (non-hydrogen) atoms. The maximum absolute atomic E-state index is 9.52. The van der Waals surface area contributed by atoms with Gasteiger partial charge in [0, 0.05) is 38.3 Å². The Labute approximate surface area is 93.4 Å². The molecule has 1 fully saturated rings. The standard InChI is InChI=1S/C12H25NO2/c1-3-12(4-2,11-14)10-13-6-5-8-15-9-7-13/h14H,3-11H2,1-2H3. The van der Waals surface area contributed by atoms with Crippen LogP contribution in [0.15, 0.2) is 0 Å². The van der Waals surface area contributed by atoms with Gasteiger partial charge in [0.05, 0.1) is 6.61 Å². The maximum atomic E-state index is 9.52. The molecule has 0 unspecified atom stereocenters. The fourth-order valence-corrected chi connectivity index (χ4v) is 2.18. The van der Waals surface area contributed by atoms with Crippen LogP contribution in [0.1, 0.15) is 33.1 Å². The summed E-state index contributed by atoms with van der Waals surface area (Å²) in [6.45, 7) is 9.53. The molecule has 3 nitrogen and oxygen atoms in total. The Morgan fingerprint density at radius 2 is 1.93 bits per heavy atom. The van der Waals surface area contributed by atoms with E-state index < -0.39 is 0 Å². The topological polar surface area (TPSA) is 32.7 Å². The molecule has 1 N–H and O–H groups in total. The second kappa shape index (κ2) is 6.46. The lowest BCUT2D eigenvalue weighted by atomic mass is 9.82. The van der Waals surface area contributed by atoms with E-state index in [9.17, 15) is 5.11 Å². The Morgan fingerprint density at radius 3 is 2.53 bits per heavy atom. The van der Waals surface area contributed by atoms with Crippen molar-refractivity contribution < 1.29 is 9.84 Å². The molecule has 0 spiro atoms. The number of nitrogens with zero attached hydrogens (tertiary/aromatic N) is 1. The minimum atomic E-state index is 0.102. The van der Waals surface area contributed by atoms with Gasteiger partial charge in [0.2, 0.25) is 0 Å². The maximum Gasteiger partial charge on any atom is 0.0593 e. The van der Waals surface area contributed by atoms with Crippen molar-refractivity contribution in [2.24, 2.45) is 5.41 Å². The molecule has 0 radical (unpaired) electrons. The number of hydrogen-bond donors (Lipinski definition) is 1. The summed E-state index contributed by atoms with van der Waals surface area (Å²) in [6.07, 6.45) is 3.23. The van der Waals surface area contributed by atoms with Gasteiger partial charge in [-0.1, -0.05) is 13.8 Å². The highest BCUT2D eigenvalue weighted by Crippen LogP contribution is 2.27. The number of rotatable bonds is 5. The quantitative estimate of drug-likeness (QED) is 0.754. The van der Waals surface area contributed by atoms with Gasteiger partial charge in [-0.3, -0.25) is 0 Å². The van der Waals surface area contributed by atoms with E-state index in [1.165, 1.54) is 0 Å². The molecule has 1 saturated heterocycles. The predicted octanol–water partition coefficient (Wildman–Crippen LogP) is 1.51. The molecule has 0 aromatic heterocycles. The molecule has 1 aliphatic rings. The molecule has 0 aromatic rings. The van der Waals surface area contributed by atoms with Crippen LogP contribution in [0.5, 0.6) is 0 Å². The van der Waals surface area contributed by atoms with E-state index in [1.54, 1.807) is 0 Å². The third-order valence-corrected chi connectivity index (χ3v) is 3.71. The lowest BCUT2D eigenvalue weighted by molar-refractivity contribution is 0.0629. The Hall–Kier alpha value is -0.120. The minimum Gasteiger partial charge on any atom is -0.396 e. The molecular weight excluding hydrogens is 190 g/mol. The van der Waals surface area contributed by atoms with Crippen LogP contribution in [0.3, 0.4) is 0 Å². The summed E-state index contributed by atoms with van der Waals surface area (Å²) < 4.78 is 5.44. The summed E-state index contributed by atoms with van der Waals surface area (Å²) in [5.41, 5.74) is 0.102. The molecule has 0 bridgehead atoms. The SMILES string of the molecule is CCC(CC)(CO)CN1CCCOCC1. The largest absolute Gasteiger partial charge is 0.396 e. The van der Waals surface area contributed by atoms with E-state index in [0.29, 0.717) is 6.61 Å². The lowest BCUT2D eigenvalue weighted by Crippen LogP contribution is -2.40. The second-order valence-electron chi connectivity index (χ2n) is 4.61. The number of ether oxygens (including phenoxy) is 1. The molecule has 1 aliphatic heterocycles. The first-order valence-corrected chi connectivity index (χ1v) is 6.17. The van der Waals surface area contributed by atoms with E-state index in [0.717, 1.165) is 52.1 Å². The first-order chi connectivity index (χ1) is 7.26. The van der Waals surface area contributed by atoms with Crippen molar-refractivity contribution in [3.05, 3.63) is 0 Å². The average molecular weight is 215 g/mol. The highest BCUT2D eigenvalue weighted by Gasteiger charge is 2.28. The number of aliphatic hydroxyl groups is 1. The molecule has 3 heteroatoms. The van der Waals surface area contributed by atoms with Crippen molar-refractivity contribution in [1.29, 1.82) is 0 Å². The summed E-state index contributed by atoms with van der Waals surface area (Å²) in [4.78, 5) is 2.44. The zero-order valence-corrected chi connectivity index (χ0v) is 10.2. The molecule has 90 valence electrons. The van der Waals surface area contributed by atoms with Crippen molar-refractivity contribution in [3.8, 4) is 0 Å². The van der Waals surface area contributed by atoms with E-state index in [4.69, 9.17) is 4.74 Å². The van der Waals surface area contributed by atoms with Crippen molar-refractivity contribution in [2.45, 2.75) is 33.1 Å². The zero-order chi connectivity index (χ0) is 11.1. The summed E-state index contributed by atoms with van der Waals surface area (Å²) in [5.74, 6) is 0. The van der Waals surface area contributed by atoms with Crippen LogP contribution >= 0.6 is 0 Å². The van der Waals surface area contributed by atoms with E-state index in [2.05, 4.69) is 18.7 Å². The van der Waals surface area contributed by atoms with Gasteiger partial charge in [0.15, 0.2) is 0 Å². The highest BCUT2D eigenvalue weighted by molar-refractivity contribution is 4.80. The molecule has 1 heterocycles. The summed E-state index contributed by atoms with van der Waals surface area (Å²) in [5, 5.41) is 9.52. The molecular formula is C12H25NO2. The van der Waals surface area contributed by atoms with Gasteiger partial charge in [-0.25, -0.2) is 0 Å². The van der Waals surface area contributed by atoms with Crippen molar-refractivity contribution in [3.63, 3.8) is 0 Å². The monoisotopic (exact) mass is 215 g/mol. The molecule has 0 aliphatic carbocycles. The van der Waals surface area contributed by atoms with E-state index in [-0.39, 0.29) is 5.41 Å². The van der Waals surface area contributed by atoms with Gasteiger partial charge in [-0.2, -0.15) is 0 Å². The van der Waals surface area contributed by atoms with Gasteiger partial charge in [0.1, 0.15) is 0 Å². The minimum absolute atomic E-state index is 0.102. The van der Waals surface area contributed by atoms with Crippen molar-refractivity contribution in [2.75, 3.05) is 39.5 Å². The summed E-state index contributed by atoms with van der Waals surface area (Å²) in [6, 6.07) is 0. The third-order valence-electron chi connectivity index (χ3n) is 3.71. The van der Waals surface area contributed by atoms with E-state index in [1.807, 2.05) is 0 Å². The highest BCUT2D eigenvalue weighted by atomic mass is 16.5. The number of aliphatic hydroxyl groups excluding tert-OH is 1.